The van der Waals surface area contributed by atoms with Gasteiger partial charge in [0.1, 0.15) is 0 Å². The highest BCUT2D eigenvalue weighted by Crippen LogP contribution is 2.23. The molecular formula is C11H20N4O3S3. The van der Waals surface area contributed by atoms with Gasteiger partial charge in [0, 0.05) is 23.5 Å². The lowest BCUT2D eigenvalue weighted by Crippen LogP contribution is -2.27. The molecule has 0 aliphatic carbocycles. The van der Waals surface area contributed by atoms with E-state index >= 15 is 0 Å². The van der Waals surface area contributed by atoms with Crippen molar-refractivity contribution in [1.82, 2.24) is 14.9 Å². The molecule has 0 aliphatic heterocycles. The Labute approximate surface area is 133 Å². The summed E-state index contributed by atoms with van der Waals surface area (Å²) in [5.41, 5.74) is 0. The molecule has 120 valence electrons. The molecule has 0 atom stereocenters. The van der Waals surface area contributed by atoms with Crippen molar-refractivity contribution in [2.45, 2.75) is 43.2 Å². The average molecular weight is 353 g/mol. The van der Waals surface area contributed by atoms with Crippen molar-refractivity contribution >= 4 is 44.2 Å². The number of rotatable bonds is 7. The fraction of sp³-hybridized carbons (Fsp3) is 0.727. The Balaban J connectivity index is 2.56. The standard InChI is InChI=1S/C11H20N4O3S3/c1-5-8(16)13-9-14-15-10(20-9)21(17,18)12-6-7-19-11(2,3)4/h12H,5-7H2,1-4H3,(H,13,14,16). The first kappa shape index (κ1) is 18.3. The monoisotopic (exact) mass is 352 g/mol. The first-order valence-corrected chi connectivity index (χ1v) is 9.69. The lowest BCUT2D eigenvalue weighted by atomic mass is 10.3. The van der Waals surface area contributed by atoms with Gasteiger partial charge in [0.05, 0.1) is 0 Å². The number of sulfonamides is 1. The molecule has 7 nitrogen and oxygen atoms in total. The van der Waals surface area contributed by atoms with Crippen LogP contribution in [0.2, 0.25) is 0 Å². The van der Waals surface area contributed by atoms with E-state index in [4.69, 9.17) is 0 Å². The third-order valence-electron chi connectivity index (χ3n) is 2.13. The van der Waals surface area contributed by atoms with Gasteiger partial charge < -0.3 is 5.32 Å². The zero-order valence-electron chi connectivity index (χ0n) is 12.5. The number of nitrogens with one attached hydrogen (secondary N) is 2. The number of aromatic nitrogens is 2. The minimum atomic E-state index is -3.67. The van der Waals surface area contributed by atoms with Crippen LogP contribution in [-0.4, -0.2) is 41.6 Å². The van der Waals surface area contributed by atoms with Gasteiger partial charge in [-0.1, -0.05) is 39.0 Å². The van der Waals surface area contributed by atoms with Crippen molar-refractivity contribution < 1.29 is 13.2 Å². The lowest BCUT2D eigenvalue weighted by Gasteiger charge is -2.17. The number of carbonyl (C=O) groups excluding carboxylic acids is 1. The van der Waals surface area contributed by atoms with Crippen LogP contribution in [0.4, 0.5) is 5.13 Å². The average Bonchev–Trinajstić information content (AvgIpc) is 2.83. The van der Waals surface area contributed by atoms with Crippen molar-refractivity contribution in [3.63, 3.8) is 0 Å². The van der Waals surface area contributed by atoms with Crippen molar-refractivity contribution in [2.75, 3.05) is 17.6 Å². The second-order valence-electron chi connectivity index (χ2n) is 5.13. The van der Waals surface area contributed by atoms with E-state index in [1.165, 1.54) is 0 Å². The normalized spacial score (nSPS) is 12.4. The summed E-state index contributed by atoms with van der Waals surface area (Å²) in [6, 6.07) is 0. The number of amides is 1. The predicted octanol–water partition coefficient (Wildman–Crippen LogP) is 1.70. The Morgan fingerprint density at radius 1 is 1.33 bits per heavy atom. The SMILES string of the molecule is CCC(=O)Nc1nnc(S(=O)(=O)NCCSC(C)(C)C)s1. The van der Waals surface area contributed by atoms with Gasteiger partial charge >= 0.3 is 0 Å². The zero-order chi connectivity index (χ0) is 16.1. The number of anilines is 1. The molecule has 1 aromatic rings. The summed E-state index contributed by atoms with van der Waals surface area (Å²) in [4.78, 5) is 11.2. The van der Waals surface area contributed by atoms with Gasteiger partial charge in [0.25, 0.3) is 10.0 Å². The fourth-order valence-corrected chi connectivity index (χ4v) is 4.11. The molecule has 0 saturated carbocycles. The first-order valence-electron chi connectivity index (χ1n) is 6.41. The third kappa shape index (κ3) is 6.72. The van der Waals surface area contributed by atoms with Crippen LogP contribution < -0.4 is 10.0 Å². The van der Waals surface area contributed by atoms with Crippen LogP contribution in [0.3, 0.4) is 0 Å². The molecule has 1 rings (SSSR count). The highest BCUT2D eigenvalue weighted by atomic mass is 32.2. The molecule has 1 heterocycles. The molecule has 0 spiro atoms. The highest BCUT2D eigenvalue weighted by molar-refractivity contribution is 8.00. The maximum Gasteiger partial charge on any atom is 0.269 e. The van der Waals surface area contributed by atoms with Crippen molar-refractivity contribution in [1.29, 1.82) is 0 Å². The van der Waals surface area contributed by atoms with E-state index in [9.17, 15) is 13.2 Å². The molecule has 1 amide bonds. The smallest absolute Gasteiger partial charge is 0.269 e. The summed E-state index contributed by atoms with van der Waals surface area (Å²) < 4.78 is 26.4. The maximum absolute atomic E-state index is 12.0. The van der Waals surface area contributed by atoms with Crippen LogP contribution in [0.5, 0.6) is 0 Å². The summed E-state index contributed by atoms with van der Waals surface area (Å²) in [7, 11) is -3.67. The summed E-state index contributed by atoms with van der Waals surface area (Å²) in [6.07, 6.45) is 0.296. The third-order valence-corrected chi connectivity index (χ3v) is 6.07. The van der Waals surface area contributed by atoms with E-state index in [1.54, 1.807) is 18.7 Å². The van der Waals surface area contributed by atoms with Gasteiger partial charge in [-0.3, -0.25) is 4.79 Å². The summed E-state index contributed by atoms with van der Waals surface area (Å²) in [5.74, 6) is 0.436. The largest absolute Gasteiger partial charge is 0.301 e. The van der Waals surface area contributed by atoms with Gasteiger partial charge in [-0.15, -0.1) is 10.2 Å². The van der Waals surface area contributed by atoms with E-state index in [0.29, 0.717) is 18.7 Å². The van der Waals surface area contributed by atoms with Crippen molar-refractivity contribution in [2.24, 2.45) is 0 Å². The Morgan fingerprint density at radius 2 is 2.00 bits per heavy atom. The van der Waals surface area contributed by atoms with E-state index in [2.05, 4.69) is 41.0 Å². The molecule has 0 aromatic carbocycles. The van der Waals surface area contributed by atoms with Crippen LogP contribution in [0, 0.1) is 0 Å². The van der Waals surface area contributed by atoms with Gasteiger partial charge in [0.15, 0.2) is 0 Å². The molecule has 0 saturated heterocycles. The number of hydrogen-bond acceptors (Lipinski definition) is 7. The number of carbonyl (C=O) groups is 1. The molecule has 0 radical (unpaired) electrons. The molecule has 0 bridgehead atoms. The maximum atomic E-state index is 12.0. The molecular weight excluding hydrogens is 332 g/mol. The fourth-order valence-electron chi connectivity index (χ4n) is 1.17. The Bertz CT molecular complexity index is 578. The second kappa shape index (κ2) is 7.52. The van der Waals surface area contributed by atoms with Gasteiger partial charge in [-0.25, -0.2) is 13.1 Å². The van der Waals surface area contributed by atoms with Crippen LogP contribution in [0.1, 0.15) is 34.1 Å². The van der Waals surface area contributed by atoms with Gasteiger partial charge in [-0.2, -0.15) is 11.8 Å². The lowest BCUT2D eigenvalue weighted by molar-refractivity contribution is -0.115. The number of nitrogens with zero attached hydrogens (tertiary/aromatic N) is 2. The van der Waals surface area contributed by atoms with Crippen LogP contribution in [-0.2, 0) is 14.8 Å². The van der Waals surface area contributed by atoms with Crippen molar-refractivity contribution in [3.8, 4) is 0 Å². The van der Waals surface area contributed by atoms with E-state index < -0.39 is 10.0 Å². The van der Waals surface area contributed by atoms with E-state index in [1.807, 2.05) is 0 Å². The highest BCUT2D eigenvalue weighted by Gasteiger charge is 2.20. The predicted molar refractivity (Wildman–Crippen MR) is 86.2 cm³/mol. The van der Waals surface area contributed by atoms with Crippen molar-refractivity contribution in [3.05, 3.63) is 0 Å². The quantitative estimate of drug-likeness (QED) is 0.572. The Morgan fingerprint density at radius 3 is 2.57 bits per heavy atom. The number of hydrogen-bond donors (Lipinski definition) is 2. The van der Waals surface area contributed by atoms with Crippen LogP contribution in [0.15, 0.2) is 4.34 Å². The van der Waals surface area contributed by atoms with Gasteiger partial charge in [-0.05, 0) is 0 Å². The summed E-state index contributed by atoms with van der Waals surface area (Å²) in [5, 5.41) is 9.92. The first-order chi connectivity index (χ1) is 9.64. The molecule has 0 fully saturated rings. The molecule has 10 heteroatoms. The summed E-state index contributed by atoms with van der Waals surface area (Å²) >= 11 is 2.51. The molecule has 0 aliphatic rings. The Kier molecular flexibility index (Phi) is 6.57. The topological polar surface area (TPSA) is 101 Å². The molecule has 21 heavy (non-hydrogen) atoms. The summed E-state index contributed by atoms with van der Waals surface area (Å²) in [6.45, 7) is 8.22. The minimum absolute atomic E-state index is 0.0891. The second-order valence-corrected chi connectivity index (χ2v) is 9.97. The van der Waals surface area contributed by atoms with Crippen LogP contribution in [0.25, 0.3) is 0 Å². The molecule has 2 N–H and O–H groups in total. The molecule has 0 unspecified atom stereocenters. The van der Waals surface area contributed by atoms with E-state index in [0.717, 1.165) is 11.3 Å². The molecule has 1 aromatic heterocycles. The number of thioether (sulfide) groups is 1. The van der Waals surface area contributed by atoms with E-state index in [-0.39, 0.29) is 20.1 Å². The van der Waals surface area contributed by atoms with Gasteiger partial charge in [0.2, 0.25) is 15.4 Å². The minimum Gasteiger partial charge on any atom is -0.301 e. The zero-order valence-corrected chi connectivity index (χ0v) is 14.9. The van der Waals surface area contributed by atoms with Crippen LogP contribution >= 0.6 is 23.1 Å². The Hall–Kier alpha value is -0.710.